The van der Waals surface area contributed by atoms with Gasteiger partial charge < -0.3 is 14.5 Å². The number of hydrogen-bond acceptors (Lipinski definition) is 5. The molecule has 1 unspecified atom stereocenters. The molecule has 1 aliphatic heterocycles. The van der Waals surface area contributed by atoms with E-state index in [1.807, 2.05) is 24.8 Å². The first-order valence-electron chi connectivity index (χ1n) is 10.3. The van der Waals surface area contributed by atoms with Crippen molar-refractivity contribution in [3.05, 3.63) is 23.0 Å². The second-order valence-corrected chi connectivity index (χ2v) is 8.35. The van der Waals surface area contributed by atoms with Crippen molar-refractivity contribution in [3.8, 4) is 0 Å². The first-order valence-corrected chi connectivity index (χ1v) is 10.3. The largest absolute Gasteiger partial charge is 0.481 e. The van der Waals surface area contributed by atoms with E-state index < -0.39 is 5.97 Å². The number of piperidine rings is 1. The summed E-state index contributed by atoms with van der Waals surface area (Å²) in [5, 5.41) is 14.0. The van der Waals surface area contributed by atoms with Gasteiger partial charge in [0, 0.05) is 30.6 Å². The van der Waals surface area contributed by atoms with Crippen LogP contribution in [0.2, 0.25) is 0 Å². The van der Waals surface area contributed by atoms with E-state index >= 15 is 0 Å². The van der Waals surface area contributed by atoms with E-state index in [4.69, 9.17) is 9.63 Å². The Balaban J connectivity index is 1.74. The van der Waals surface area contributed by atoms with E-state index in [0.717, 1.165) is 43.5 Å². The van der Waals surface area contributed by atoms with E-state index in [0.29, 0.717) is 35.5 Å². The zero-order chi connectivity index (χ0) is 19.8. The summed E-state index contributed by atoms with van der Waals surface area (Å²) in [4.78, 5) is 31.2. The summed E-state index contributed by atoms with van der Waals surface area (Å²) in [6, 6.07) is 1.89. The van der Waals surface area contributed by atoms with Gasteiger partial charge in [-0.25, -0.2) is 4.98 Å². The maximum Gasteiger partial charge on any atom is 0.303 e. The van der Waals surface area contributed by atoms with Crippen LogP contribution < -0.4 is 0 Å². The Morgan fingerprint density at radius 2 is 2.07 bits per heavy atom. The molecule has 2 aromatic rings. The van der Waals surface area contributed by atoms with Gasteiger partial charge in [0.15, 0.2) is 0 Å². The third-order valence-corrected chi connectivity index (χ3v) is 5.85. The summed E-state index contributed by atoms with van der Waals surface area (Å²) in [5.41, 5.74) is 2.71. The van der Waals surface area contributed by atoms with Crippen LogP contribution >= 0.6 is 0 Å². The lowest BCUT2D eigenvalue weighted by Crippen LogP contribution is -2.44. The topological polar surface area (TPSA) is 96.5 Å². The lowest BCUT2D eigenvalue weighted by atomic mass is 9.95. The summed E-state index contributed by atoms with van der Waals surface area (Å²) in [6.45, 7) is 4.71. The smallest absolute Gasteiger partial charge is 0.303 e. The Morgan fingerprint density at radius 3 is 2.75 bits per heavy atom. The van der Waals surface area contributed by atoms with Crippen LogP contribution in [-0.4, -0.2) is 44.6 Å². The molecule has 7 nitrogen and oxygen atoms in total. The number of carbonyl (C=O) groups is 2. The van der Waals surface area contributed by atoms with Crippen molar-refractivity contribution in [2.24, 2.45) is 0 Å². The van der Waals surface area contributed by atoms with E-state index in [1.165, 1.54) is 0 Å². The third-order valence-electron chi connectivity index (χ3n) is 5.85. The molecule has 0 radical (unpaired) electrons. The number of amides is 1. The highest BCUT2D eigenvalue weighted by Crippen LogP contribution is 2.41. The predicted octanol–water partition coefficient (Wildman–Crippen LogP) is 4.08. The van der Waals surface area contributed by atoms with Gasteiger partial charge in [-0.05, 0) is 50.5 Å². The van der Waals surface area contributed by atoms with Crippen molar-refractivity contribution in [2.75, 3.05) is 6.54 Å². The molecule has 2 aromatic heterocycles. The molecule has 0 spiro atoms. The molecule has 2 fully saturated rings. The van der Waals surface area contributed by atoms with Crippen molar-refractivity contribution in [1.29, 1.82) is 0 Å². The zero-order valence-corrected chi connectivity index (χ0v) is 16.5. The number of pyridine rings is 1. The zero-order valence-electron chi connectivity index (χ0n) is 16.5. The lowest BCUT2D eigenvalue weighted by Gasteiger charge is -2.36. The van der Waals surface area contributed by atoms with Gasteiger partial charge in [-0.1, -0.05) is 19.0 Å². The first kappa shape index (κ1) is 18.9. The molecule has 1 atom stereocenters. The van der Waals surface area contributed by atoms with Gasteiger partial charge >= 0.3 is 5.97 Å². The van der Waals surface area contributed by atoms with Gasteiger partial charge in [0.1, 0.15) is 0 Å². The van der Waals surface area contributed by atoms with Gasteiger partial charge in [-0.3, -0.25) is 9.59 Å². The highest BCUT2D eigenvalue weighted by atomic mass is 16.5. The number of aliphatic carboxylic acids is 1. The Hall–Kier alpha value is -2.44. The quantitative estimate of drug-likeness (QED) is 0.805. The molecule has 3 heterocycles. The van der Waals surface area contributed by atoms with Crippen LogP contribution in [0.1, 0.15) is 92.4 Å². The molecule has 1 aliphatic carbocycles. The maximum atomic E-state index is 13.6. The number of hydrogen-bond donors (Lipinski definition) is 1. The predicted molar refractivity (Wildman–Crippen MR) is 103 cm³/mol. The lowest BCUT2D eigenvalue weighted by molar-refractivity contribution is -0.137. The minimum absolute atomic E-state index is 0.0349. The molecule has 1 saturated carbocycles. The number of carbonyl (C=O) groups excluding carboxylic acids is 1. The van der Waals surface area contributed by atoms with Crippen LogP contribution in [0.15, 0.2) is 10.6 Å². The standard InChI is InChI=1S/C21H27N3O4/c1-12(2)19-18-15(11-16(13-6-7-13)22-20(18)28-23-19)21(27)24-10-4-3-5-14(24)8-9-17(25)26/h11-14H,3-10H2,1-2H3,(H,25,26). The average molecular weight is 385 g/mol. The Morgan fingerprint density at radius 1 is 1.29 bits per heavy atom. The second kappa shape index (κ2) is 7.53. The first-order chi connectivity index (χ1) is 13.5. The van der Waals surface area contributed by atoms with Gasteiger partial charge in [0.05, 0.1) is 16.6 Å². The number of fused-ring (bicyclic) bond motifs is 1. The van der Waals surface area contributed by atoms with Crippen molar-refractivity contribution in [3.63, 3.8) is 0 Å². The molecule has 4 rings (SSSR count). The van der Waals surface area contributed by atoms with Gasteiger partial charge in [-0.2, -0.15) is 0 Å². The molecular formula is C21H27N3O4. The van der Waals surface area contributed by atoms with Crippen LogP contribution in [0.5, 0.6) is 0 Å². The minimum atomic E-state index is -0.818. The molecule has 28 heavy (non-hydrogen) atoms. The van der Waals surface area contributed by atoms with Crippen LogP contribution in [0.25, 0.3) is 11.1 Å². The van der Waals surface area contributed by atoms with E-state index in [-0.39, 0.29) is 24.3 Å². The van der Waals surface area contributed by atoms with Crippen LogP contribution in [0.4, 0.5) is 0 Å². The Kier molecular flexibility index (Phi) is 5.08. The highest BCUT2D eigenvalue weighted by molar-refractivity contribution is 6.06. The van der Waals surface area contributed by atoms with E-state index in [1.54, 1.807) is 0 Å². The summed E-state index contributed by atoms with van der Waals surface area (Å²) < 4.78 is 5.50. The normalized spacial score (nSPS) is 20.1. The molecular weight excluding hydrogens is 358 g/mol. The van der Waals surface area contributed by atoms with E-state index in [2.05, 4.69) is 10.1 Å². The monoisotopic (exact) mass is 385 g/mol. The molecule has 150 valence electrons. The maximum absolute atomic E-state index is 13.6. The van der Waals surface area contributed by atoms with Crippen LogP contribution in [0.3, 0.4) is 0 Å². The number of carboxylic acids is 1. The Labute approximate surface area is 164 Å². The van der Waals surface area contributed by atoms with Gasteiger partial charge in [0.2, 0.25) is 0 Å². The number of aromatic nitrogens is 2. The number of rotatable bonds is 6. The Bertz CT molecular complexity index is 900. The fraction of sp³-hybridized carbons (Fsp3) is 0.619. The number of carboxylic acid groups (broad SMARTS) is 1. The summed E-state index contributed by atoms with van der Waals surface area (Å²) in [6.07, 6.45) is 5.56. The molecule has 0 aromatic carbocycles. The SMILES string of the molecule is CC(C)c1noc2nc(C3CC3)cc(C(=O)N3CCCCC3CCC(=O)O)c12. The molecule has 7 heteroatoms. The summed E-state index contributed by atoms with van der Waals surface area (Å²) >= 11 is 0. The molecule has 1 saturated heterocycles. The van der Waals surface area contributed by atoms with Crippen LogP contribution in [0, 0.1) is 0 Å². The van der Waals surface area contributed by atoms with Crippen molar-refractivity contribution in [1.82, 2.24) is 15.0 Å². The van der Waals surface area contributed by atoms with Gasteiger partial charge in [-0.15, -0.1) is 0 Å². The fourth-order valence-corrected chi connectivity index (χ4v) is 4.16. The minimum Gasteiger partial charge on any atom is -0.481 e. The second-order valence-electron chi connectivity index (χ2n) is 8.35. The summed E-state index contributed by atoms with van der Waals surface area (Å²) in [7, 11) is 0. The number of likely N-dealkylation sites (tertiary alicyclic amines) is 1. The molecule has 2 aliphatic rings. The molecule has 1 amide bonds. The average Bonchev–Trinajstić information content (AvgIpc) is 3.44. The van der Waals surface area contributed by atoms with Gasteiger partial charge in [0.25, 0.3) is 11.6 Å². The third kappa shape index (κ3) is 3.62. The molecule has 1 N–H and O–H groups in total. The van der Waals surface area contributed by atoms with E-state index in [9.17, 15) is 9.59 Å². The van der Waals surface area contributed by atoms with Crippen molar-refractivity contribution < 1.29 is 19.2 Å². The fourth-order valence-electron chi connectivity index (χ4n) is 4.16. The number of nitrogens with zero attached hydrogens (tertiary/aromatic N) is 3. The van der Waals surface area contributed by atoms with Crippen molar-refractivity contribution >= 4 is 23.0 Å². The van der Waals surface area contributed by atoms with Crippen LogP contribution in [-0.2, 0) is 4.79 Å². The summed E-state index contributed by atoms with van der Waals surface area (Å²) in [5.74, 6) is -0.353. The van der Waals surface area contributed by atoms with Crippen molar-refractivity contribution in [2.45, 2.75) is 76.7 Å². The highest BCUT2D eigenvalue weighted by Gasteiger charge is 2.33. The molecule has 0 bridgehead atoms.